The quantitative estimate of drug-likeness (QED) is 0.595. The van der Waals surface area contributed by atoms with Gasteiger partial charge in [0.15, 0.2) is 0 Å². The van der Waals surface area contributed by atoms with Gasteiger partial charge in [-0.05, 0) is 17.7 Å². The average Bonchev–Trinajstić information content (AvgIpc) is 3.10. The third-order valence-electron chi connectivity index (χ3n) is 5.37. The Balaban J connectivity index is 1.30. The number of fused-ring (bicyclic) bond motifs is 3. The van der Waals surface area contributed by atoms with E-state index < -0.39 is 0 Å². The van der Waals surface area contributed by atoms with E-state index in [1.807, 2.05) is 24.3 Å². The van der Waals surface area contributed by atoms with Gasteiger partial charge < -0.3 is 9.40 Å². The summed E-state index contributed by atoms with van der Waals surface area (Å²) in [7, 11) is 0. The van der Waals surface area contributed by atoms with Gasteiger partial charge in [-0.2, -0.15) is 0 Å². The fourth-order valence-corrected chi connectivity index (χ4v) is 3.88. The highest BCUT2D eigenvalue weighted by Gasteiger charge is 2.19. The van der Waals surface area contributed by atoms with Crippen LogP contribution in [-0.4, -0.2) is 45.9 Å². The first-order valence-corrected chi connectivity index (χ1v) is 9.65. The van der Waals surface area contributed by atoms with Crippen molar-refractivity contribution in [2.24, 2.45) is 0 Å². The molecule has 0 atom stereocenters. The lowest BCUT2D eigenvalue weighted by Crippen LogP contribution is -2.45. The Hall–Kier alpha value is -2.96. The van der Waals surface area contributed by atoms with Gasteiger partial charge in [-0.15, -0.1) is 0 Å². The van der Waals surface area contributed by atoms with Crippen molar-refractivity contribution in [3.05, 3.63) is 76.3 Å². The zero-order chi connectivity index (χ0) is 18.9. The maximum atomic E-state index is 12.5. The van der Waals surface area contributed by atoms with Crippen molar-refractivity contribution in [3.63, 3.8) is 0 Å². The molecule has 0 bridgehead atoms. The molecule has 5 rings (SSSR count). The van der Waals surface area contributed by atoms with Crippen LogP contribution in [0.1, 0.15) is 11.4 Å². The van der Waals surface area contributed by atoms with Crippen LogP contribution in [0.4, 0.5) is 0 Å². The first kappa shape index (κ1) is 17.2. The molecule has 1 N–H and O–H groups in total. The zero-order valence-electron chi connectivity index (χ0n) is 15.6. The maximum absolute atomic E-state index is 12.5. The SMILES string of the molecule is O=c1[nH]c(CN2CCN(Cc3ccccc3)CC2)nc2c1oc1ccccc12. The smallest absolute Gasteiger partial charge is 0.294 e. The number of hydrogen-bond donors (Lipinski definition) is 1. The van der Waals surface area contributed by atoms with Crippen LogP contribution in [0.2, 0.25) is 0 Å². The monoisotopic (exact) mass is 374 g/mol. The van der Waals surface area contributed by atoms with Crippen molar-refractivity contribution >= 4 is 22.1 Å². The predicted molar refractivity (Wildman–Crippen MR) is 109 cm³/mol. The standard InChI is InChI=1S/C22H22N4O2/c27-22-21-20(17-8-4-5-9-18(17)28-21)23-19(24-22)15-26-12-10-25(11-13-26)14-16-6-2-1-3-7-16/h1-9H,10-15H2,(H,23,24,27). The van der Waals surface area contributed by atoms with E-state index in [2.05, 4.69) is 45.1 Å². The van der Waals surface area contributed by atoms with Crippen LogP contribution >= 0.6 is 0 Å². The van der Waals surface area contributed by atoms with E-state index in [0.29, 0.717) is 29.1 Å². The summed E-state index contributed by atoms with van der Waals surface area (Å²) < 4.78 is 5.67. The van der Waals surface area contributed by atoms with Gasteiger partial charge in [-0.1, -0.05) is 42.5 Å². The number of H-pyrrole nitrogens is 1. The summed E-state index contributed by atoms with van der Waals surface area (Å²) in [4.78, 5) is 24.9. The second-order valence-corrected chi connectivity index (χ2v) is 7.33. The van der Waals surface area contributed by atoms with E-state index in [4.69, 9.17) is 9.40 Å². The van der Waals surface area contributed by atoms with Gasteiger partial charge in [-0.25, -0.2) is 4.98 Å². The zero-order valence-corrected chi connectivity index (χ0v) is 15.6. The van der Waals surface area contributed by atoms with Gasteiger partial charge in [0.05, 0.1) is 6.54 Å². The summed E-state index contributed by atoms with van der Waals surface area (Å²) in [5.41, 5.74) is 2.79. The van der Waals surface area contributed by atoms with Gasteiger partial charge >= 0.3 is 0 Å². The molecule has 3 heterocycles. The molecule has 1 aliphatic heterocycles. The number of rotatable bonds is 4. The lowest BCUT2D eigenvalue weighted by molar-refractivity contribution is 0.120. The van der Waals surface area contributed by atoms with Crippen LogP contribution in [0.15, 0.2) is 63.8 Å². The molecule has 1 saturated heterocycles. The maximum Gasteiger partial charge on any atom is 0.294 e. The number of benzene rings is 2. The second kappa shape index (κ2) is 7.22. The molecule has 1 aliphatic rings. The summed E-state index contributed by atoms with van der Waals surface area (Å²) in [6.45, 7) is 5.56. The van der Waals surface area contributed by atoms with Crippen LogP contribution in [0, 0.1) is 0 Å². The van der Waals surface area contributed by atoms with Crippen molar-refractivity contribution in [3.8, 4) is 0 Å². The molecule has 0 aliphatic carbocycles. The molecule has 0 unspecified atom stereocenters. The van der Waals surface area contributed by atoms with Gasteiger partial charge in [0, 0.05) is 38.1 Å². The topological polar surface area (TPSA) is 65.4 Å². The van der Waals surface area contributed by atoms with Gasteiger partial charge in [0.25, 0.3) is 5.56 Å². The largest absolute Gasteiger partial charge is 0.449 e. The van der Waals surface area contributed by atoms with E-state index in [1.165, 1.54) is 5.56 Å². The fourth-order valence-electron chi connectivity index (χ4n) is 3.88. The molecular weight excluding hydrogens is 352 g/mol. The lowest BCUT2D eigenvalue weighted by Gasteiger charge is -2.34. The molecule has 0 saturated carbocycles. The van der Waals surface area contributed by atoms with Gasteiger partial charge in [-0.3, -0.25) is 14.6 Å². The minimum absolute atomic E-state index is 0.209. The lowest BCUT2D eigenvalue weighted by atomic mass is 10.2. The number of piperazine rings is 1. The third-order valence-corrected chi connectivity index (χ3v) is 5.37. The number of nitrogens with zero attached hydrogens (tertiary/aromatic N) is 3. The number of furan rings is 1. The van der Waals surface area contributed by atoms with E-state index in [0.717, 1.165) is 38.1 Å². The van der Waals surface area contributed by atoms with E-state index in [9.17, 15) is 4.79 Å². The van der Waals surface area contributed by atoms with Crippen LogP contribution in [0.25, 0.3) is 22.1 Å². The van der Waals surface area contributed by atoms with Crippen molar-refractivity contribution in [2.45, 2.75) is 13.1 Å². The number of hydrogen-bond acceptors (Lipinski definition) is 5. The number of para-hydroxylation sites is 1. The van der Waals surface area contributed by atoms with Crippen LogP contribution in [0.5, 0.6) is 0 Å². The molecule has 0 spiro atoms. The number of aromatic amines is 1. The molecule has 28 heavy (non-hydrogen) atoms. The molecule has 4 aromatic rings. The van der Waals surface area contributed by atoms with Gasteiger partial charge in [0.2, 0.25) is 5.58 Å². The van der Waals surface area contributed by atoms with E-state index in [-0.39, 0.29) is 5.56 Å². The number of aromatic nitrogens is 2. The predicted octanol–water partition coefficient (Wildman–Crippen LogP) is 2.99. The van der Waals surface area contributed by atoms with Crippen molar-refractivity contribution < 1.29 is 4.42 Å². The van der Waals surface area contributed by atoms with Crippen LogP contribution < -0.4 is 5.56 Å². The average molecular weight is 374 g/mol. The molecule has 6 heteroatoms. The minimum Gasteiger partial charge on any atom is -0.449 e. The van der Waals surface area contributed by atoms with Crippen molar-refractivity contribution in [2.75, 3.05) is 26.2 Å². The van der Waals surface area contributed by atoms with E-state index in [1.54, 1.807) is 0 Å². The van der Waals surface area contributed by atoms with Crippen LogP contribution in [0.3, 0.4) is 0 Å². The summed E-state index contributed by atoms with van der Waals surface area (Å²) in [6.07, 6.45) is 0. The minimum atomic E-state index is -0.209. The molecule has 0 radical (unpaired) electrons. The Morgan fingerprint density at radius 3 is 2.36 bits per heavy atom. The Morgan fingerprint density at radius 1 is 0.893 bits per heavy atom. The highest BCUT2D eigenvalue weighted by molar-refractivity contribution is 6.01. The van der Waals surface area contributed by atoms with Crippen molar-refractivity contribution in [1.29, 1.82) is 0 Å². The Morgan fingerprint density at radius 2 is 1.57 bits per heavy atom. The molecule has 6 nitrogen and oxygen atoms in total. The molecule has 0 amide bonds. The second-order valence-electron chi connectivity index (χ2n) is 7.33. The Labute approximate surface area is 162 Å². The molecule has 1 fully saturated rings. The number of nitrogens with one attached hydrogen (secondary N) is 1. The molecule has 2 aromatic heterocycles. The summed E-state index contributed by atoms with van der Waals surface area (Å²) in [5, 5.41) is 0.887. The summed E-state index contributed by atoms with van der Waals surface area (Å²) in [6, 6.07) is 18.2. The fraction of sp³-hybridized carbons (Fsp3) is 0.273. The Kier molecular flexibility index (Phi) is 4.43. The first-order valence-electron chi connectivity index (χ1n) is 9.65. The normalized spacial score (nSPS) is 16.1. The first-order chi connectivity index (χ1) is 13.8. The van der Waals surface area contributed by atoms with Crippen molar-refractivity contribution in [1.82, 2.24) is 19.8 Å². The summed E-state index contributed by atoms with van der Waals surface area (Å²) >= 11 is 0. The molecular formula is C22H22N4O2. The van der Waals surface area contributed by atoms with E-state index >= 15 is 0 Å². The third kappa shape index (κ3) is 3.32. The summed E-state index contributed by atoms with van der Waals surface area (Å²) in [5.74, 6) is 0.695. The molecule has 142 valence electrons. The highest BCUT2D eigenvalue weighted by atomic mass is 16.3. The van der Waals surface area contributed by atoms with Crippen LogP contribution in [-0.2, 0) is 13.1 Å². The highest BCUT2D eigenvalue weighted by Crippen LogP contribution is 2.24. The molecule has 2 aromatic carbocycles. The Bertz CT molecular complexity index is 1160. The van der Waals surface area contributed by atoms with Gasteiger partial charge in [0.1, 0.15) is 16.9 Å².